The molecule has 5 heteroatoms. The summed E-state index contributed by atoms with van der Waals surface area (Å²) in [4.78, 5) is 15.4. The van der Waals surface area contributed by atoms with Gasteiger partial charge in [0.25, 0.3) is 5.91 Å². The number of rotatable bonds is 4. The van der Waals surface area contributed by atoms with Gasteiger partial charge in [-0.1, -0.05) is 18.2 Å². The van der Waals surface area contributed by atoms with Gasteiger partial charge in [0, 0.05) is 12.1 Å². The molecule has 2 rings (SSSR count). The molecule has 0 bridgehead atoms. The predicted octanol–water partition coefficient (Wildman–Crippen LogP) is 1.61. The summed E-state index contributed by atoms with van der Waals surface area (Å²) in [6.07, 6.45) is 2.52. The van der Waals surface area contributed by atoms with Gasteiger partial charge < -0.3 is 14.5 Å². The summed E-state index contributed by atoms with van der Waals surface area (Å²) >= 11 is 0. The van der Waals surface area contributed by atoms with E-state index < -0.39 is 0 Å². The fraction of sp³-hybridized carbons (Fsp3) is 0.167. The van der Waals surface area contributed by atoms with Crippen molar-refractivity contribution in [3.8, 4) is 5.75 Å². The first-order valence-electron chi connectivity index (χ1n) is 5.09. The molecule has 0 saturated carbocycles. The third-order valence-corrected chi connectivity index (χ3v) is 2.30. The molecule has 88 valence electrons. The SMILES string of the molecule is COc1ccccc1CNC(=O)c1cocn1. The Labute approximate surface area is 98.4 Å². The van der Waals surface area contributed by atoms with Gasteiger partial charge in [0.1, 0.15) is 12.0 Å². The molecule has 1 heterocycles. The molecule has 2 aromatic rings. The summed E-state index contributed by atoms with van der Waals surface area (Å²) in [5.41, 5.74) is 1.17. The van der Waals surface area contributed by atoms with Crippen molar-refractivity contribution in [1.29, 1.82) is 0 Å². The zero-order valence-corrected chi connectivity index (χ0v) is 9.34. The van der Waals surface area contributed by atoms with Gasteiger partial charge >= 0.3 is 0 Å². The zero-order chi connectivity index (χ0) is 12.1. The lowest BCUT2D eigenvalue weighted by Crippen LogP contribution is -2.23. The molecule has 5 nitrogen and oxygen atoms in total. The Morgan fingerprint density at radius 3 is 3.00 bits per heavy atom. The zero-order valence-electron chi connectivity index (χ0n) is 9.34. The molecule has 1 aromatic heterocycles. The van der Waals surface area contributed by atoms with Crippen LogP contribution in [0.2, 0.25) is 0 Å². The number of amides is 1. The number of hydrogen-bond acceptors (Lipinski definition) is 4. The minimum atomic E-state index is -0.273. The average Bonchev–Trinajstić information content (AvgIpc) is 2.90. The molecule has 17 heavy (non-hydrogen) atoms. The number of aromatic nitrogens is 1. The molecule has 0 spiro atoms. The van der Waals surface area contributed by atoms with Gasteiger partial charge in [0.2, 0.25) is 0 Å². The molecule has 0 atom stereocenters. The van der Waals surface area contributed by atoms with Gasteiger partial charge in [-0.05, 0) is 6.07 Å². The monoisotopic (exact) mass is 232 g/mol. The smallest absolute Gasteiger partial charge is 0.273 e. The van der Waals surface area contributed by atoms with Crippen molar-refractivity contribution in [2.75, 3.05) is 7.11 Å². The number of methoxy groups -OCH3 is 1. The lowest BCUT2D eigenvalue weighted by Gasteiger charge is -2.08. The van der Waals surface area contributed by atoms with Crippen LogP contribution in [0.15, 0.2) is 41.3 Å². The third kappa shape index (κ3) is 2.63. The lowest BCUT2D eigenvalue weighted by atomic mass is 10.2. The first-order valence-corrected chi connectivity index (χ1v) is 5.09. The Morgan fingerprint density at radius 1 is 1.47 bits per heavy atom. The van der Waals surface area contributed by atoms with Crippen molar-refractivity contribution >= 4 is 5.91 Å². The van der Waals surface area contributed by atoms with Crippen molar-refractivity contribution in [1.82, 2.24) is 10.3 Å². The number of carbonyl (C=O) groups is 1. The lowest BCUT2D eigenvalue weighted by molar-refractivity contribution is 0.0945. The van der Waals surface area contributed by atoms with Crippen LogP contribution in [0.5, 0.6) is 5.75 Å². The minimum absolute atomic E-state index is 0.264. The van der Waals surface area contributed by atoms with Crippen molar-refractivity contribution in [2.45, 2.75) is 6.54 Å². The third-order valence-electron chi connectivity index (χ3n) is 2.30. The van der Waals surface area contributed by atoms with Crippen LogP contribution < -0.4 is 10.1 Å². The van der Waals surface area contributed by atoms with Crippen molar-refractivity contribution in [3.05, 3.63) is 48.2 Å². The normalized spacial score (nSPS) is 9.94. The van der Waals surface area contributed by atoms with Gasteiger partial charge in [-0.2, -0.15) is 0 Å². The van der Waals surface area contributed by atoms with Crippen LogP contribution in [0.4, 0.5) is 0 Å². The van der Waals surface area contributed by atoms with Crippen LogP contribution in [0.25, 0.3) is 0 Å². The highest BCUT2D eigenvalue weighted by atomic mass is 16.5. The summed E-state index contributed by atoms with van der Waals surface area (Å²) in [6, 6.07) is 7.50. The van der Waals surface area contributed by atoms with Crippen LogP contribution in [0.1, 0.15) is 16.1 Å². The Balaban J connectivity index is 2.00. The Hall–Kier alpha value is -2.30. The highest BCUT2D eigenvalue weighted by Gasteiger charge is 2.09. The molecule has 0 aliphatic rings. The average molecular weight is 232 g/mol. The van der Waals surface area contributed by atoms with Crippen molar-refractivity contribution in [3.63, 3.8) is 0 Å². The summed E-state index contributed by atoms with van der Waals surface area (Å²) in [5.74, 6) is 0.470. The van der Waals surface area contributed by atoms with Gasteiger partial charge in [-0.25, -0.2) is 4.98 Å². The number of hydrogen-bond donors (Lipinski definition) is 1. The maximum absolute atomic E-state index is 11.6. The maximum atomic E-state index is 11.6. The molecule has 0 fully saturated rings. The second-order valence-electron chi connectivity index (χ2n) is 3.37. The van der Waals surface area contributed by atoms with E-state index in [4.69, 9.17) is 9.15 Å². The van der Waals surface area contributed by atoms with E-state index in [9.17, 15) is 4.79 Å². The first-order chi connectivity index (χ1) is 8.31. The van der Waals surface area contributed by atoms with Crippen LogP contribution in [-0.4, -0.2) is 18.0 Å². The fourth-order valence-electron chi connectivity index (χ4n) is 1.44. The molecule has 0 saturated heterocycles. The van der Waals surface area contributed by atoms with Crippen LogP contribution in [-0.2, 0) is 6.54 Å². The molecule has 0 aliphatic heterocycles. The molecular formula is C12H12N2O3. The van der Waals surface area contributed by atoms with Gasteiger partial charge in [0.15, 0.2) is 12.1 Å². The Kier molecular flexibility index (Phi) is 3.40. The molecular weight excluding hydrogens is 220 g/mol. The molecule has 0 unspecified atom stereocenters. The van der Waals surface area contributed by atoms with E-state index in [2.05, 4.69) is 10.3 Å². The molecule has 1 amide bonds. The van der Waals surface area contributed by atoms with Crippen molar-refractivity contribution < 1.29 is 13.9 Å². The van der Waals surface area contributed by atoms with Crippen LogP contribution in [0, 0.1) is 0 Å². The number of nitrogens with zero attached hydrogens (tertiary/aromatic N) is 1. The number of nitrogens with one attached hydrogen (secondary N) is 1. The highest BCUT2D eigenvalue weighted by molar-refractivity contribution is 5.91. The highest BCUT2D eigenvalue weighted by Crippen LogP contribution is 2.16. The van der Waals surface area contributed by atoms with E-state index in [-0.39, 0.29) is 11.6 Å². The summed E-state index contributed by atoms with van der Waals surface area (Å²) in [7, 11) is 1.60. The number of oxazole rings is 1. The second kappa shape index (κ2) is 5.16. The van der Waals surface area contributed by atoms with E-state index in [1.165, 1.54) is 12.7 Å². The topological polar surface area (TPSA) is 64.4 Å². The number of para-hydroxylation sites is 1. The quantitative estimate of drug-likeness (QED) is 0.869. The van der Waals surface area contributed by atoms with Gasteiger partial charge in [-0.15, -0.1) is 0 Å². The van der Waals surface area contributed by atoms with E-state index in [0.717, 1.165) is 11.3 Å². The summed E-state index contributed by atoms with van der Waals surface area (Å²) < 4.78 is 9.92. The van der Waals surface area contributed by atoms with Gasteiger partial charge in [-0.3, -0.25) is 4.79 Å². The number of ether oxygens (including phenoxy) is 1. The molecule has 1 N–H and O–H groups in total. The minimum Gasteiger partial charge on any atom is -0.496 e. The van der Waals surface area contributed by atoms with E-state index >= 15 is 0 Å². The van der Waals surface area contributed by atoms with Gasteiger partial charge in [0.05, 0.1) is 7.11 Å². The summed E-state index contributed by atoms with van der Waals surface area (Å²) in [6.45, 7) is 0.385. The Bertz CT molecular complexity index is 494. The standard InChI is InChI=1S/C12H12N2O3/c1-16-11-5-3-2-4-9(11)6-13-12(15)10-7-17-8-14-10/h2-5,7-8H,6H2,1H3,(H,13,15). The van der Waals surface area contributed by atoms with Crippen LogP contribution in [0.3, 0.4) is 0 Å². The largest absolute Gasteiger partial charge is 0.496 e. The predicted molar refractivity (Wildman–Crippen MR) is 60.7 cm³/mol. The van der Waals surface area contributed by atoms with Crippen LogP contribution >= 0.6 is 0 Å². The Morgan fingerprint density at radius 2 is 2.29 bits per heavy atom. The second-order valence-corrected chi connectivity index (χ2v) is 3.37. The molecule has 1 aromatic carbocycles. The maximum Gasteiger partial charge on any atom is 0.273 e. The molecule has 0 radical (unpaired) electrons. The number of benzene rings is 1. The van der Waals surface area contributed by atoms with E-state index in [0.29, 0.717) is 6.54 Å². The number of carbonyl (C=O) groups excluding carboxylic acids is 1. The molecule has 0 aliphatic carbocycles. The van der Waals surface area contributed by atoms with E-state index in [1.807, 2.05) is 24.3 Å². The van der Waals surface area contributed by atoms with E-state index in [1.54, 1.807) is 7.11 Å². The van der Waals surface area contributed by atoms with Crippen molar-refractivity contribution in [2.24, 2.45) is 0 Å². The first kappa shape index (κ1) is 11.2. The summed E-state index contributed by atoms with van der Waals surface area (Å²) in [5, 5.41) is 2.73. The fourth-order valence-corrected chi connectivity index (χ4v) is 1.44.